The van der Waals surface area contributed by atoms with Crippen molar-refractivity contribution in [3.63, 3.8) is 0 Å². The van der Waals surface area contributed by atoms with E-state index in [1.54, 1.807) is 0 Å². The van der Waals surface area contributed by atoms with Crippen LogP contribution in [-0.4, -0.2) is 36.3 Å². The summed E-state index contributed by atoms with van der Waals surface area (Å²) in [4.78, 5) is 17.7. The van der Waals surface area contributed by atoms with Crippen molar-refractivity contribution in [3.8, 4) is 0 Å². The van der Waals surface area contributed by atoms with Crippen molar-refractivity contribution in [2.45, 2.75) is 18.1 Å². The molecule has 0 radical (unpaired) electrons. The second kappa shape index (κ2) is 5.33. The van der Waals surface area contributed by atoms with E-state index in [2.05, 4.69) is 4.74 Å². The van der Waals surface area contributed by atoms with Gasteiger partial charge in [0.15, 0.2) is 6.67 Å². The first-order chi connectivity index (χ1) is 7.19. The maximum atomic E-state index is 12.4. The molecule has 1 N–H and O–H groups in total. The number of hydrogen-bond acceptors (Lipinski definition) is 3. The zero-order chi connectivity index (χ0) is 13.0. The van der Waals surface area contributed by atoms with Crippen LogP contribution in [-0.2, 0) is 14.3 Å². The molecule has 0 aromatic carbocycles. The lowest BCUT2D eigenvalue weighted by atomic mass is 10.2. The Hall–Kier alpha value is -1.05. The first kappa shape index (κ1) is 14.9. The summed E-state index contributed by atoms with van der Waals surface area (Å²) >= 11 is 4.92. The van der Waals surface area contributed by atoms with Crippen molar-refractivity contribution in [1.82, 2.24) is 5.32 Å². The van der Waals surface area contributed by atoms with Crippen LogP contribution in [0.3, 0.4) is 0 Å². The van der Waals surface area contributed by atoms with Crippen molar-refractivity contribution in [3.05, 3.63) is 0 Å². The van der Waals surface area contributed by atoms with Crippen molar-refractivity contribution >= 4 is 23.5 Å². The fourth-order valence-corrected chi connectivity index (χ4v) is 0.854. The molecule has 0 saturated carbocycles. The monoisotopic (exact) mass is 265 g/mol. The van der Waals surface area contributed by atoms with Crippen LogP contribution in [0.1, 0.15) is 6.92 Å². The third kappa shape index (κ3) is 3.22. The molecule has 0 aromatic heterocycles. The van der Waals surface area contributed by atoms with E-state index in [0.717, 1.165) is 5.32 Å². The van der Waals surface area contributed by atoms with Gasteiger partial charge in [-0.15, -0.1) is 0 Å². The number of hydrogen-bond donors (Lipinski definition) is 1. The largest absolute Gasteiger partial charge is 0.463 e. The van der Waals surface area contributed by atoms with Gasteiger partial charge in [-0.1, -0.05) is 11.6 Å². The fourth-order valence-electron chi connectivity index (χ4n) is 0.694. The maximum absolute atomic E-state index is 12.4. The van der Waals surface area contributed by atoms with Gasteiger partial charge in [0.1, 0.15) is 0 Å². The third-order valence-corrected chi connectivity index (χ3v) is 1.84. The standard InChI is InChI=1S/C7H8ClF4NO3/c1-2-16-5(15)6(8,7(10,11)12)13-4(14)3-9/h2-3H2,1H3,(H,13,14). The van der Waals surface area contributed by atoms with E-state index < -0.39 is 29.7 Å². The molecule has 0 fully saturated rings. The molecule has 0 heterocycles. The molecule has 4 nitrogen and oxygen atoms in total. The summed E-state index contributed by atoms with van der Waals surface area (Å²) in [6.07, 6.45) is -5.30. The van der Waals surface area contributed by atoms with Gasteiger partial charge in [0.25, 0.3) is 5.91 Å². The van der Waals surface area contributed by atoms with Gasteiger partial charge in [0.2, 0.25) is 0 Å². The first-order valence-corrected chi connectivity index (χ1v) is 4.36. The van der Waals surface area contributed by atoms with Crippen LogP contribution in [0.25, 0.3) is 0 Å². The summed E-state index contributed by atoms with van der Waals surface area (Å²) in [5, 5.41) is 1.02. The molecule has 0 aromatic rings. The van der Waals surface area contributed by atoms with E-state index >= 15 is 0 Å². The van der Waals surface area contributed by atoms with Crippen LogP contribution in [0, 0.1) is 0 Å². The Morgan fingerprint density at radius 3 is 2.19 bits per heavy atom. The molecular formula is C7H8ClF4NO3. The SMILES string of the molecule is CCOC(=O)C(Cl)(NC(=O)CF)C(F)(F)F. The van der Waals surface area contributed by atoms with E-state index in [9.17, 15) is 27.2 Å². The molecule has 0 aliphatic heterocycles. The predicted octanol–water partition coefficient (Wildman–Crippen LogP) is 1.13. The highest BCUT2D eigenvalue weighted by Gasteiger charge is 2.62. The van der Waals surface area contributed by atoms with Crippen LogP contribution >= 0.6 is 11.6 Å². The Morgan fingerprint density at radius 2 is 1.88 bits per heavy atom. The quantitative estimate of drug-likeness (QED) is 0.359. The average Bonchev–Trinajstić information content (AvgIpc) is 2.16. The van der Waals surface area contributed by atoms with Gasteiger partial charge in [-0.05, 0) is 6.92 Å². The lowest BCUT2D eigenvalue weighted by molar-refractivity contribution is -0.195. The second-order valence-corrected chi connectivity index (χ2v) is 3.13. The van der Waals surface area contributed by atoms with E-state index in [4.69, 9.17) is 11.6 Å². The van der Waals surface area contributed by atoms with Crippen molar-refractivity contribution in [2.24, 2.45) is 0 Å². The number of esters is 1. The van der Waals surface area contributed by atoms with Crippen molar-refractivity contribution < 1.29 is 31.9 Å². The highest BCUT2D eigenvalue weighted by molar-refractivity contribution is 6.35. The number of rotatable bonds is 4. The number of carbonyl (C=O) groups is 2. The van der Waals surface area contributed by atoms with Crippen LogP contribution in [0.15, 0.2) is 0 Å². The van der Waals surface area contributed by atoms with Gasteiger partial charge < -0.3 is 10.1 Å². The van der Waals surface area contributed by atoms with Gasteiger partial charge in [-0.25, -0.2) is 9.18 Å². The van der Waals surface area contributed by atoms with Crippen molar-refractivity contribution in [1.29, 1.82) is 0 Å². The average molecular weight is 266 g/mol. The Morgan fingerprint density at radius 1 is 1.38 bits per heavy atom. The van der Waals surface area contributed by atoms with Gasteiger partial charge in [-0.2, -0.15) is 13.2 Å². The molecule has 0 aliphatic carbocycles. The zero-order valence-corrected chi connectivity index (χ0v) is 8.78. The predicted molar refractivity (Wildman–Crippen MR) is 45.4 cm³/mol. The summed E-state index contributed by atoms with van der Waals surface area (Å²) in [5.74, 6) is -3.58. The minimum Gasteiger partial charge on any atom is -0.463 e. The van der Waals surface area contributed by atoms with Gasteiger partial charge in [0.05, 0.1) is 6.61 Å². The first-order valence-electron chi connectivity index (χ1n) is 3.98. The zero-order valence-electron chi connectivity index (χ0n) is 8.03. The summed E-state index contributed by atoms with van der Waals surface area (Å²) in [5.41, 5.74) is 0. The highest BCUT2D eigenvalue weighted by atomic mass is 35.5. The number of ether oxygens (including phenoxy) is 1. The van der Waals surface area contributed by atoms with E-state index in [0.29, 0.717) is 0 Å². The molecule has 0 rings (SSSR count). The maximum Gasteiger partial charge on any atom is 0.437 e. The molecular weight excluding hydrogens is 258 g/mol. The molecule has 0 bridgehead atoms. The minimum absolute atomic E-state index is 0.366. The summed E-state index contributed by atoms with van der Waals surface area (Å²) < 4.78 is 53.0. The Bertz CT molecular complexity index is 283. The lowest BCUT2D eigenvalue weighted by Gasteiger charge is -2.27. The lowest BCUT2D eigenvalue weighted by Crippen LogP contribution is -2.60. The molecule has 16 heavy (non-hydrogen) atoms. The normalized spacial score (nSPS) is 15.1. The molecule has 94 valence electrons. The minimum atomic E-state index is -5.30. The molecule has 0 saturated heterocycles. The smallest absolute Gasteiger partial charge is 0.437 e. The number of amides is 1. The summed E-state index contributed by atoms with van der Waals surface area (Å²) in [7, 11) is 0. The molecule has 9 heteroatoms. The second-order valence-electron chi connectivity index (χ2n) is 2.56. The van der Waals surface area contributed by atoms with Crippen LogP contribution in [0.4, 0.5) is 17.6 Å². The third-order valence-electron chi connectivity index (χ3n) is 1.38. The molecule has 0 aliphatic rings. The van der Waals surface area contributed by atoms with E-state index in [1.165, 1.54) is 6.92 Å². The van der Waals surface area contributed by atoms with Gasteiger partial charge in [-0.3, -0.25) is 4.79 Å². The van der Waals surface area contributed by atoms with Gasteiger partial charge >= 0.3 is 17.1 Å². The summed E-state index contributed by atoms with van der Waals surface area (Å²) in [6, 6.07) is 0. The van der Waals surface area contributed by atoms with Crippen molar-refractivity contribution in [2.75, 3.05) is 13.3 Å². The number of alkyl halides is 5. The number of carbonyl (C=O) groups excluding carboxylic acids is 2. The van der Waals surface area contributed by atoms with Gasteiger partial charge in [0, 0.05) is 0 Å². The molecule has 0 spiro atoms. The highest BCUT2D eigenvalue weighted by Crippen LogP contribution is 2.35. The molecule has 1 atom stereocenters. The fraction of sp³-hybridized carbons (Fsp3) is 0.714. The Labute approximate surface area is 92.9 Å². The molecule has 1 amide bonds. The Balaban J connectivity index is 5.04. The number of halogens is 5. The molecule has 1 unspecified atom stereocenters. The van der Waals surface area contributed by atoms with Crippen LogP contribution in [0.5, 0.6) is 0 Å². The Kier molecular flexibility index (Phi) is 4.98. The number of nitrogens with one attached hydrogen (secondary N) is 1. The summed E-state index contributed by atoms with van der Waals surface area (Å²) in [6.45, 7) is -0.846. The van der Waals surface area contributed by atoms with Crippen LogP contribution in [0.2, 0.25) is 0 Å². The van der Waals surface area contributed by atoms with Crippen LogP contribution < -0.4 is 5.32 Å². The topological polar surface area (TPSA) is 55.4 Å². The van der Waals surface area contributed by atoms with E-state index in [1.807, 2.05) is 0 Å². The van der Waals surface area contributed by atoms with E-state index in [-0.39, 0.29) is 6.61 Å².